The number of ether oxygens (including phenoxy) is 1. The molecule has 0 aromatic rings. The van der Waals surface area contributed by atoms with E-state index in [-0.39, 0.29) is 24.1 Å². The zero-order valence-corrected chi connectivity index (χ0v) is 8.26. The molecule has 0 bridgehead atoms. The molecule has 0 saturated heterocycles. The third-order valence-electron chi connectivity index (χ3n) is 1.38. The quantitative estimate of drug-likeness (QED) is 0.657. The Morgan fingerprint density at radius 2 is 2.00 bits per heavy atom. The molecule has 72 valence electrons. The molecule has 1 atom stereocenters. The SMILES string of the molecule is CC(=O)O[C@H](CO)CC(C)(C)C. The van der Waals surface area contributed by atoms with Gasteiger partial charge in [-0.2, -0.15) is 0 Å². The van der Waals surface area contributed by atoms with E-state index in [0.29, 0.717) is 6.42 Å². The Kier molecular flexibility index (Phi) is 4.24. The molecule has 0 aliphatic heterocycles. The summed E-state index contributed by atoms with van der Waals surface area (Å²) in [5, 5.41) is 8.86. The lowest BCUT2D eigenvalue weighted by atomic mass is 9.89. The van der Waals surface area contributed by atoms with Crippen molar-refractivity contribution < 1.29 is 14.6 Å². The Balaban J connectivity index is 3.92. The Morgan fingerprint density at radius 3 is 2.25 bits per heavy atom. The van der Waals surface area contributed by atoms with Crippen molar-refractivity contribution in [3.63, 3.8) is 0 Å². The summed E-state index contributed by atoms with van der Waals surface area (Å²) in [4.78, 5) is 10.6. The van der Waals surface area contributed by atoms with Gasteiger partial charge in [-0.1, -0.05) is 20.8 Å². The number of esters is 1. The molecule has 0 spiro atoms. The molecule has 12 heavy (non-hydrogen) atoms. The molecule has 0 aromatic heterocycles. The van der Waals surface area contributed by atoms with Crippen LogP contribution in [0.1, 0.15) is 34.1 Å². The highest BCUT2D eigenvalue weighted by atomic mass is 16.5. The van der Waals surface area contributed by atoms with Crippen LogP contribution in [0.3, 0.4) is 0 Å². The highest BCUT2D eigenvalue weighted by molar-refractivity contribution is 5.66. The topological polar surface area (TPSA) is 46.5 Å². The van der Waals surface area contributed by atoms with Crippen LogP contribution in [-0.4, -0.2) is 23.8 Å². The molecule has 0 fully saturated rings. The van der Waals surface area contributed by atoms with Crippen LogP contribution in [0.4, 0.5) is 0 Å². The Bertz CT molecular complexity index is 146. The van der Waals surface area contributed by atoms with E-state index in [0.717, 1.165) is 0 Å². The molecule has 3 nitrogen and oxygen atoms in total. The average Bonchev–Trinajstić information content (AvgIpc) is 1.82. The summed E-state index contributed by atoms with van der Waals surface area (Å²) in [6.45, 7) is 7.37. The van der Waals surface area contributed by atoms with Crippen LogP contribution < -0.4 is 0 Å². The van der Waals surface area contributed by atoms with Crippen molar-refractivity contribution in [1.82, 2.24) is 0 Å². The van der Waals surface area contributed by atoms with Gasteiger partial charge in [0.2, 0.25) is 0 Å². The van der Waals surface area contributed by atoms with Gasteiger partial charge in [0.15, 0.2) is 0 Å². The molecule has 0 amide bonds. The molecular formula is C9H18O3. The maximum Gasteiger partial charge on any atom is 0.302 e. The van der Waals surface area contributed by atoms with Gasteiger partial charge < -0.3 is 9.84 Å². The second-order valence-corrected chi connectivity index (χ2v) is 4.18. The van der Waals surface area contributed by atoms with Gasteiger partial charge in [-0.15, -0.1) is 0 Å². The van der Waals surface area contributed by atoms with E-state index in [9.17, 15) is 4.79 Å². The highest BCUT2D eigenvalue weighted by Gasteiger charge is 2.19. The van der Waals surface area contributed by atoms with Gasteiger partial charge in [0, 0.05) is 6.92 Å². The normalized spacial score (nSPS) is 14.1. The lowest BCUT2D eigenvalue weighted by molar-refractivity contribution is -0.149. The molecule has 0 saturated carbocycles. The number of rotatable bonds is 3. The van der Waals surface area contributed by atoms with Gasteiger partial charge in [0.25, 0.3) is 0 Å². The molecule has 0 aliphatic rings. The van der Waals surface area contributed by atoms with Gasteiger partial charge in [-0.05, 0) is 11.8 Å². The molecular weight excluding hydrogens is 156 g/mol. The third kappa shape index (κ3) is 6.16. The summed E-state index contributed by atoms with van der Waals surface area (Å²) in [7, 11) is 0. The largest absolute Gasteiger partial charge is 0.460 e. The van der Waals surface area contributed by atoms with E-state index in [1.165, 1.54) is 6.92 Å². The molecule has 0 aromatic carbocycles. The van der Waals surface area contributed by atoms with Crippen molar-refractivity contribution in [3.05, 3.63) is 0 Å². The maximum absolute atomic E-state index is 10.6. The molecule has 0 rings (SSSR count). The Hall–Kier alpha value is -0.570. The maximum atomic E-state index is 10.6. The predicted molar refractivity (Wildman–Crippen MR) is 46.7 cm³/mol. The second kappa shape index (κ2) is 4.45. The summed E-state index contributed by atoms with van der Waals surface area (Å²) >= 11 is 0. The fraction of sp³-hybridized carbons (Fsp3) is 0.889. The predicted octanol–water partition coefficient (Wildman–Crippen LogP) is 1.35. The van der Waals surface area contributed by atoms with Gasteiger partial charge in [0.1, 0.15) is 6.10 Å². The third-order valence-corrected chi connectivity index (χ3v) is 1.38. The summed E-state index contributed by atoms with van der Waals surface area (Å²) < 4.78 is 4.89. The second-order valence-electron chi connectivity index (χ2n) is 4.18. The van der Waals surface area contributed by atoms with Crippen molar-refractivity contribution in [2.24, 2.45) is 5.41 Å². The lowest BCUT2D eigenvalue weighted by Crippen LogP contribution is -2.26. The van der Waals surface area contributed by atoms with Crippen molar-refractivity contribution in [2.75, 3.05) is 6.61 Å². The summed E-state index contributed by atoms with van der Waals surface area (Å²) in [6, 6.07) is 0. The van der Waals surface area contributed by atoms with Crippen LogP contribution in [0.25, 0.3) is 0 Å². The molecule has 1 N–H and O–H groups in total. The van der Waals surface area contributed by atoms with Crippen LogP contribution >= 0.6 is 0 Å². The summed E-state index contributed by atoms with van der Waals surface area (Å²) in [6.07, 6.45) is 0.325. The smallest absolute Gasteiger partial charge is 0.302 e. The summed E-state index contributed by atoms with van der Waals surface area (Å²) in [5.41, 5.74) is 0.0723. The first-order valence-corrected chi connectivity index (χ1v) is 4.13. The summed E-state index contributed by atoms with van der Waals surface area (Å²) in [5.74, 6) is -0.335. The number of aliphatic hydroxyl groups excluding tert-OH is 1. The molecule has 0 radical (unpaired) electrons. The van der Waals surface area contributed by atoms with Gasteiger partial charge in [-0.3, -0.25) is 4.79 Å². The fourth-order valence-corrected chi connectivity index (χ4v) is 1.06. The van der Waals surface area contributed by atoms with Gasteiger partial charge in [-0.25, -0.2) is 0 Å². The van der Waals surface area contributed by atoms with E-state index in [1.54, 1.807) is 0 Å². The average molecular weight is 174 g/mol. The minimum absolute atomic E-state index is 0.0723. The van der Waals surface area contributed by atoms with Crippen LogP contribution in [0, 0.1) is 5.41 Å². The molecule has 0 heterocycles. The van der Waals surface area contributed by atoms with E-state index in [4.69, 9.17) is 9.84 Å². The van der Waals surface area contributed by atoms with E-state index < -0.39 is 0 Å². The first-order chi connectivity index (χ1) is 5.35. The van der Waals surface area contributed by atoms with Crippen LogP contribution in [0.5, 0.6) is 0 Å². The fourth-order valence-electron chi connectivity index (χ4n) is 1.06. The standard InChI is InChI=1S/C9H18O3/c1-7(11)12-8(6-10)5-9(2,3)4/h8,10H,5-6H2,1-4H3/t8-/m0/s1. The molecule has 0 aliphatic carbocycles. The molecule has 0 unspecified atom stereocenters. The van der Waals surface area contributed by atoms with E-state index in [1.807, 2.05) is 20.8 Å². The number of carbonyl (C=O) groups is 1. The van der Waals surface area contributed by atoms with Gasteiger partial charge >= 0.3 is 5.97 Å². The van der Waals surface area contributed by atoms with E-state index in [2.05, 4.69) is 0 Å². The number of aliphatic hydroxyl groups is 1. The van der Waals surface area contributed by atoms with Crippen molar-refractivity contribution >= 4 is 5.97 Å². The van der Waals surface area contributed by atoms with Crippen LogP contribution in [0.15, 0.2) is 0 Å². The number of carbonyl (C=O) groups excluding carboxylic acids is 1. The van der Waals surface area contributed by atoms with Crippen LogP contribution in [-0.2, 0) is 9.53 Å². The minimum Gasteiger partial charge on any atom is -0.460 e. The Morgan fingerprint density at radius 1 is 1.50 bits per heavy atom. The van der Waals surface area contributed by atoms with Crippen molar-refractivity contribution in [2.45, 2.75) is 40.2 Å². The first kappa shape index (κ1) is 11.4. The zero-order valence-electron chi connectivity index (χ0n) is 8.26. The highest BCUT2D eigenvalue weighted by Crippen LogP contribution is 2.22. The lowest BCUT2D eigenvalue weighted by Gasteiger charge is -2.23. The Labute approximate surface area is 73.7 Å². The van der Waals surface area contributed by atoms with Crippen molar-refractivity contribution in [1.29, 1.82) is 0 Å². The number of hydrogen-bond donors (Lipinski definition) is 1. The minimum atomic E-state index is -0.359. The van der Waals surface area contributed by atoms with Crippen molar-refractivity contribution in [3.8, 4) is 0 Å². The molecule has 3 heteroatoms. The first-order valence-electron chi connectivity index (χ1n) is 4.13. The van der Waals surface area contributed by atoms with E-state index >= 15 is 0 Å². The van der Waals surface area contributed by atoms with Crippen LogP contribution in [0.2, 0.25) is 0 Å². The van der Waals surface area contributed by atoms with Gasteiger partial charge in [0.05, 0.1) is 6.61 Å². The monoisotopic (exact) mass is 174 g/mol. The number of hydrogen-bond acceptors (Lipinski definition) is 3. The zero-order chi connectivity index (χ0) is 9.78.